The number of hydrogen-bond donors (Lipinski definition) is 1. The van der Waals surface area contributed by atoms with Gasteiger partial charge in [0.15, 0.2) is 0 Å². The first kappa shape index (κ1) is 12.5. The summed E-state index contributed by atoms with van der Waals surface area (Å²) in [5.41, 5.74) is 1.19. The zero-order valence-corrected chi connectivity index (χ0v) is 11.4. The quantitative estimate of drug-likeness (QED) is 0.845. The minimum absolute atomic E-state index is 0.603. The highest BCUT2D eigenvalue weighted by Crippen LogP contribution is 2.34. The molecule has 2 atom stereocenters. The largest absolute Gasteiger partial charge is 0.464 e. The second-order valence-electron chi connectivity index (χ2n) is 5.25. The van der Waals surface area contributed by atoms with Crippen LogP contribution in [0, 0.1) is 0 Å². The van der Waals surface area contributed by atoms with E-state index < -0.39 is 0 Å². The maximum Gasteiger partial charge on any atom is 0.146 e. The maximum absolute atomic E-state index is 5.52. The zero-order chi connectivity index (χ0) is 13.1. The molecule has 2 bridgehead atoms. The normalized spacial score (nSPS) is 26.7. The summed E-state index contributed by atoms with van der Waals surface area (Å²) in [6.07, 6.45) is 11.1. The molecular weight excluding hydrogens is 238 g/mol. The van der Waals surface area contributed by atoms with Gasteiger partial charge in [0.1, 0.15) is 5.75 Å². The lowest BCUT2D eigenvalue weighted by molar-refractivity contribution is 0.477. The van der Waals surface area contributed by atoms with Crippen LogP contribution in [0.25, 0.3) is 0 Å². The number of pyridine rings is 1. The second-order valence-corrected chi connectivity index (χ2v) is 5.25. The third kappa shape index (κ3) is 2.59. The number of fused-ring (bicyclic) bond motifs is 2. The van der Waals surface area contributed by atoms with Gasteiger partial charge in [0.05, 0.1) is 24.3 Å². The first-order valence-electron chi connectivity index (χ1n) is 7.10. The Morgan fingerprint density at radius 2 is 2.21 bits per heavy atom. The topological polar surface area (TPSA) is 37.4 Å². The Morgan fingerprint density at radius 1 is 1.32 bits per heavy atom. The average molecular weight is 259 g/mol. The molecule has 0 radical (unpaired) electrons. The number of anilines is 1. The van der Waals surface area contributed by atoms with Gasteiger partial charge in [0, 0.05) is 24.7 Å². The lowest BCUT2D eigenvalue weighted by atomic mass is 10.1. The van der Waals surface area contributed by atoms with Crippen LogP contribution in [0.4, 0.5) is 5.69 Å². The van der Waals surface area contributed by atoms with Gasteiger partial charge in [-0.2, -0.15) is 0 Å². The van der Waals surface area contributed by atoms with Crippen molar-refractivity contribution >= 4 is 5.69 Å². The molecule has 3 rings (SSSR count). The maximum atomic E-state index is 5.52. The van der Waals surface area contributed by atoms with Gasteiger partial charge in [-0.15, -0.1) is 0 Å². The average Bonchev–Trinajstić information content (AvgIpc) is 2.70. The Balaban J connectivity index is 1.84. The second kappa shape index (κ2) is 5.61. The Bertz CT molecular complexity index is 446. The van der Waals surface area contributed by atoms with Crippen molar-refractivity contribution in [2.75, 3.05) is 18.0 Å². The number of hydrogen-bond acceptors (Lipinski definition) is 4. The molecule has 1 aromatic heterocycles. The molecule has 0 spiro atoms. The molecule has 0 aromatic carbocycles. The van der Waals surface area contributed by atoms with Crippen LogP contribution in [-0.2, 0) is 0 Å². The monoisotopic (exact) mass is 259 g/mol. The number of nitrogens with one attached hydrogen (secondary N) is 1. The van der Waals surface area contributed by atoms with Gasteiger partial charge in [0.25, 0.3) is 0 Å². The van der Waals surface area contributed by atoms with Crippen LogP contribution in [0.15, 0.2) is 30.8 Å². The van der Waals surface area contributed by atoms with Gasteiger partial charge in [-0.1, -0.05) is 6.08 Å². The molecule has 2 fully saturated rings. The molecule has 2 unspecified atom stereocenters. The molecule has 19 heavy (non-hydrogen) atoms. The predicted molar refractivity (Wildman–Crippen MR) is 76.5 cm³/mol. The van der Waals surface area contributed by atoms with E-state index >= 15 is 0 Å². The van der Waals surface area contributed by atoms with E-state index in [4.69, 9.17) is 4.74 Å². The van der Waals surface area contributed by atoms with Crippen molar-refractivity contribution < 1.29 is 4.74 Å². The van der Waals surface area contributed by atoms with Crippen molar-refractivity contribution in [3.63, 3.8) is 0 Å². The number of nitrogens with zero attached hydrogens (tertiary/aromatic N) is 2. The molecule has 0 amide bonds. The molecule has 2 aliphatic rings. The third-order valence-corrected chi connectivity index (χ3v) is 3.99. The highest BCUT2D eigenvalue weighted by atomic mass is 16.5. The number of aromatic nitrogens is 1. The van der Waals surface area contributed by atoms with Crippen LogP contribution in [0.1, 0.15) is 26.2 Å². The molecule has 102 valence electrons. The first-order chi connectivity index (χ1) is 9.38. The summed E-state index contributed by atoms with van der Waals surface area (Å²) < 4.78 is 5.52. The molecule has 1 N–H and O–H groups in total. The van der Waals surface area contributed by atoms with Crippen molar-refractivity contribution in [3.8, 4) is 5.75 Å². The smallest absolute Gasteiger partial charge is 0.146 e. The van der Waals surface area contributed by atoms with E-state index in [0.717, 1.165) is 18.8 Å². The Hall–Kier alpha value is -1.55. The SMILES string of the molecule is C/C=C/Oc1cncc(N2C3CCNCC2CC3)c1. The molecule has 2 saturated heterocycles. The van der Waals surface area contributed by atoms with E-state index in [1.165, 1.54) is 24.9 Å². The molecule has 0 aliphatic carbocycles. The van der Waals surface area contributed by atoms with E-state index in [0.29, 0.717) is 12.1 Å². The molecule has 1 aromatic rings. The summed E-state index contributed by atoms with van der Waals surface area (Å²) >= 11 is 0. The minimum Gasteiger partial charge on any atom is -0.464 e. The number of allylic oxidation sites excluding steroid dienone is 1. The lowest BCUT2D eigenvalue weighted by Gasteiger charge is -2.30. The predicted octanol–water partition coefficient (Wildman–Crippen LogP) is 2.32. The van der Waals surface area contributed by atoms with Crippen LogP contribution >= 0.6 is 0 Å². The summed E-state index contributed by atoms with van der Waals surface area (Å²) in [5.74, 6) is 0.812. The molecule has 0 saturated carbocycles. The van der Waals surface area contributed by atoms with Gasteiger partial charge in [-0.3, -0.25) is 4.98 Å². The van der Waals surface area contributed by atoms with Crippen molar-refractivity contribution in [3.05, 3.63) is 30.8 Å². The minimum atomic E-state index is 0.603. The number of rotatable bonds is 3. The van der Waals surface area contributed by atoms with E-state index in [1.54, 1.807) is 12.5 Å². The highest BCUT2D eigenvalue weighted by molar-refractivity contribution is 5.51. The highest BCUT2D eigenvalue weighted by Gasteiger charge is 2.35. The van der Waals surface area contributed by atoms with Gasteiger partial charge >= 0.3 is 0 Å². The standard InChI is InChI=1S/C15H21N3O/c1-2-7-19-15-8-14(10-17-11-15)18-12-3-4-13(18)9-16-6-5-12/h2,7-8,10-13,16H,3-6,9H2,1H3/b7-2+. The zero-order valence-electron chi connectivity index (χ0n) is 11.4. The lowest BCUT2D eigenvalue weighted by Crippen LogP contribution is -2.38. The summed E-state index contributed by atoms with van der Waals surface area (Å²) in [5, 5.41) is 3.52. The van der Waals surface area contributed by atoms with E-state index in [9.17, 15) is 0 Å². The van der Waals surface area contributed by atoms with Crippen LogP contribution < -0.4 is 15.0 Å². The van der Waals surface area contributed by atoms with E-state index in [1.807, 2.05) is 19.2 Å². The summed E-state index contributed by atoms with van der Waals surface area (Å²) in [4.78, 5) is 6.86. The van der Waals surface area contributed by atoms with Crippen molar-refractivity contribution in [1.82, 2.24) is 10.3 Å². The Kier molecular flexibility index (Phi) is 3.69. The van der Waals surface area contributed by atoms with Gasteiger partial charge in [-0.25, -0.2) is 0 Å². The van der Waals surface area contributed by atoms with Gasteiger partial charge < -0.3 is 15.0 Å². The van der Waals surface area contributed by atoms with Crippen molar-refractivity contribution in [2.45, 2.75) is 38.3 Å². The van der Waals surface area contributed by atoms with Crippen LogP contribution in [0.3, 0.4) is 0 Å². The van der Waals surface area contributed by atoms with Crippen molar-refractivity contribution in [2.24, 2.45) is 0 Å². The van der Waals surface area contributed by atoms with Crippen molar-refractivity contribution in [1.29, 1.82) is 0 Å². The van der Waals surface area contributed by atoms with Crippen LogP contribution in [-0.4, -0.2) is 30.2 Å². The number of ether oxygens (including phenoxy) is 1. The summed E-state index contributed by atoms with van der Waals surface area (Å²) in [7, 11) is 0. The van der Waals surface area contributed by atoms with E-state index in [2.05, 4.69) is 21.3 Å². The summed E-state index contributed by atoms with van der Waals surface area (Å²) in [6, 6.07) is 3.36. The van der Waals surface area contributed by atoms with E-state index in [-0.39, 0.29) is 0 Å². The molecule has 4 nitrogen and oxygen atoms in total. The van der Waals surface area contributed by atoms with Gasteiger partial charge in [0.2, 0.25) is 0 Å². The van der Waals surface area contributed by atoms with Crippen LogP contribution in [0.2, 0.25) is 0 Å². The third-order valence-electron chi connectivity index (χ3n) is 3.99. The fourth-order valence-electron chi connectivity index (χ4n) is 3.16. The fourth-order valence-corrected chi connectivity index (χ4v) is 3.16. The first-order valence-corrected chi connectivity index (χ1v) is 7.10. The molecule has 2 aliphatic heterocycles. The molecular formula is C15H21N3O. The fraction of sp³-hybridized carbons (Fsp3) is 0.533. The summed E-state index contributed by atoms with van der Waals surface area (Å²) in [6.45, 7) is 4.15. The molecule has 4 heteroatoms. The molecule has 3 heterocycles. The van der Waals surface area contributed by atoms with Gasteiger partial charge in [-0.05, 0) is 32.7 Å². The van der Waals surface area contributed by atoms with Crippen LogP contribution in [0.5, 0.6) is 5.75 Å². The Labute approximate surface area is 114 Å². The Morgan fingerprint density at radius 3 is 3.11 bits per heavy atom.